The number of hydrogen-bond acceptors (Lipinski definition) is 4. The Morgan fingerprint density at radius 3 is 3.25 bits per heavy atom. The van der Waals surface area contributed by atoms with Crippen LogP contribution < -0.4 is 5.90 Å². The molecule has 1 unspecified atom stereocenters. The fraction of sp³-hybridized carbons (Fsp3) is 0.455. The average Bonchev–Trinajstić information content (AvgIpc) is 2.78. The Morgan fingerprint density at radius 1 is 1.69 bits per heavy atom. The molecule has 5 heteroatoms. The van der Waals surface area contributed by atoms with Gasteiger partial charge in [-0.2, -0.15) is 0 Å². The van der Waals surface area contributed by atoms with Gasteiger partial charge in [0.25, 0.3) is 5.91 Å². The second-order valence-corrected chi connectivity index (χ2v) is 3.98. The van der Waals surface area contributed by atoms with Crippen LogP contribution >= 0.6 is 0 Å². The number of pyridine rings is 1. The van der Waals surface area contributed by atoms with Crippen LogP contribution in [0.3, 0.4) is 0 Å². The zero-order valence-corrected chi connectivity index (χ0v) is 9.00. The van der Waals surface area contributed by atoms with Crippen molar-refractivity contribution in [2.45, 2.75) is 6.42 Å². The van der Waals surface area contributed by atoms with E-state index in [0.29, 0.717) is 24.6 Å². The molecule has 1 aliphatic heterocycles. The number of likely N-dealkylation sites (tertiary alicyclic amines) is 1. The molecule has 1 aromatic heterocycles. The summed E-state index contributed by atoms with van der Waals surface area (Å²) in [6, 6.07) is 3.55. The maximum atomic E-state index is 12.0. The molecule has 2 N–H and O–H groups in total. The molecule has 1 atom stereocenters. The number of carbonyl (C=O) groups excluding carboxylic acids is 1. The Morgan fingerprint density at radius 2 is 2.56 bits per heavy atom. The van der Waals surface area contributed by atoms with Gasteiger partial charge in [0.15, 0.2) is 0 Å². The van der Waals surface area contributed by atoms with Gasteiger partial charge in [-0.05, 0) is 18.6 Å². The lowest BCUT2D eigenvalue weighted by molar-refractivity contribution is 0.0754. The maximum Gasteiger partial charge on any atom is 0.255 e. The molecule has 1 fully saturated rings. The van der Waals surface area contributed by atoms with E-state index in [-0.39, 0.29) is 5.91 Å². The standard InChI is InChI=1S/C11H15N3O2/c12-16-8-9-3-5-14(7-9)11(15)10-2-1-4-13-6-10/h1-2,4,6,9H,3,5,7-8,12H2. The van der Waals surface area contributed by atoms with Gasteiger partial charge >= 0.3 is 0 Å². The van der Waals surface area contributed by atoms with Crippen molar-refractivity contribution >= 4 is 5.91 Å². The summed E-state index contributed by atoms with van der Waals surface area (Å²) in [5, 5.41) is 0. The summed E-state index contributed by atoms with van der Waals surface area (Å²) in [6.07, 6.45) is 4.20. The first-order valence-electron chi connectivity index (χ1n) is 5.32. The minimum absolute atomic E-state index is 0.0348. The van der Waals surface area contributed by atoms with Crippen LogP contribution in [0, 0.1) is 5.92 Å². The van der Waals surface area contributed by atoms with Crippen LogP contribution in [0.1, 0.15) is 16.8 Å². The van der Waals surface area contributed by atoms with Crippen molar-refractivity contribution in [3.63, 3.8) is 0 Å². The van der Waals surface area contributed by atoms with Crippen molar-refractivity contribution in [2.75, 3.05) is 19.7 Å². The molecule has 0 spiro atoms. The van der Waals surface area contributed by atoms with Crippen molar-refractivity contribution in [1.29, 1.82) is 0 Å². The van der Waals surface area contributed by atoms with Crippen LogP contribution in [0.2, 0.25) is 0 Å². The van der Waals surface area contributed by atoms with Crippen LogP contribution in [0.5, 0.6) is 0 Å². The largest absolute Gasteiger partial charge is 0.338 e. The topological polar surface area (TPSA) is 68.5 Å². The van der Waals surface area contributed by atoms with Crippen molar-refractivity contribution in [3.05, 3.63) is 30.1 Å². The number of amides is 1. The Labute approximate surface area is 94.2 Å². The Kier molecular flexibility index (Phi) is 3.48. The van der Waals surface area contributed by atoms with Crippen LogP contribution in [0.15, 0.2) is 24.5 Å². The minimum Gasteiger partial charge on any atom is -0.338 e. The SMILES string of the molecule is NOCC1CCN(C(=O)c2cccnc2)C1. The van der Waals surface area contributed by atoms with Gasteiger partial charge in [-0.1, -0.05) is 0 Å². The van der Waals surface area contributed by atoms with E-state index in [9.17, 15) is 4.79 Å². The Bertz CT molecular complexity index is 356. The third kappa shape index (κ3) is 2.37. The summed E-state index contributed by atoms with van der Waals surface area (Å²) >= 11 is 0. The lowest BCUT2D eigenvalue weighted by Gasteiger charge is -2.15. The smallest absolute Gasteiger partial charge is 0.255 e. The highest BCUT2D eigenvalue weighted by Gasteiger charge is 2.26. The van der Waals surface area contributed by atoms with E-state index in [4.69, 9.17) is 5.90 Å². The van der Waals surface area contributed by atoms with Gasteiger partial charge in [-0.25, -0.2) is 5.90 Å². The molecule has 5 nitrogen and oxygen atoms in total. The predicted octanol–water partition coefficient (Wildman–Crippen LogP) is 0.434. The molecule has 1 aliphatic rings. The molecule has 2 rings (SSSR count). The molecule has 1 aromatic rings. The molecular formula is C11H15N3O2. The summed E-state index contributed by atoms with van der Waals surface area (Å²) in [7, 11) is 0. The monoisotopic (exact) mass is 221 g/mol. The average molecular weight is 221 g/mol. The summed E-state index contributed by atoms with van der Waals surface area (Å²) in [5.74, 6) is 5.41. The lowest BCUT2D eigenvalue weighted by atomic mass is 10.1. The summed E-state index contributed by atoms with van der Waals surface area (Å²) < 4.78 is 0. The quantitative estimate of drug-likeness (QED) is 0.752. The second-order valence-electron chi connectivity index (χ2n) is 3.98. The van der Waals surface area contributed by atoms with E-state index in [1.807, 2.05) is 4.90 Å². The second kappa shape index (κ2) is 5.05. The molecule has 2 heterocycles. The molecule has 1 amide bonds. The minimum atomic E-state index is 0.0348. The Hall–Kier alpha value is -1.46. The summed E-state index contributed by atoms with van der Waals surface area (Å²) in [6.45, 7) is 1.99. The molecule has 0 bridgehead atoms. The lowest BCUT2D eigenvalue weighted by Crippen LogP contribution is -2.29. The molecular weight excluding hydrogens is 206 g/mol. The third-order valence-corrected chi connectivity index (χ3v) is 2.81. The van der Waals surface area contributed by atoms with Gasteiger partial charge in [-0.15, -0.1) is 0 Å². The first-order chi connectivity index (χ1) is 7.81. The first-order valence-corrected chi connectivity index (χ1v) is 5.32. The van der Waals surface area contributed by atoms with Crippen LogP contribution in [-0.2, 0) is 4.84 Å². The van der Waals surface area contributed by atoms with Crippen LogP contribution in [-0.4, -0.2) is 35.5 Å². The summed E-state index contributed by atoms with van der Waals surface area (Å²) in [4.78, 5) is 22.4. The van der Waals surface area contributed by atoms with Gasteiger partial charge in [0.1, 0.15) is 0 Å². The van der Waals surface area contributed by atoms with Gasteiger partial charge < -0.3 is 9.74 Å². The normalized spacial score (nSPS) is 20.1. The number of hydrogen-bond donors (Lipinski definition) is 1. The van der Waals surface area contributed by atoms with E-state index in [0.717, 1.165) is 13.0 Å². The van der Waals surface area contributed by atoms with Gasteiger partial charge in [0, 0.05) is 31.4 Å². The van der Waals surface area contributed by atoms with Gasteiger partial charge in [0.05, 0.1) is 12.2 Å². The highest BCUT2D eigenvalue weighted by atomic mass is 16.6. The van der Waals surface area contributed by atoms with Crippen molar-refractivity contribution < 1.29 is 9.63 Å². The number of nitrogens with two attached hydrogens (primary N) is 1. The van der Waals surface area contributed by atoms with E-state index in [1.165, 1.54) is 0 Å². The highest BCUT2D eigenvalue weighted by molar-refractivity contribution is 5.94. The Balaban J connectivity index is 1.97. The molecule has 0 aromatic carbocycles. The first kappa shape index (κ1) is 11.0. The number of carbonyl (C=O) groups is 1. The van der Waals surface area contributed by atoms with Crippen LogP contribution in [0.4, 0.5) is 0 Å². The maximum absolute atomic E-state index is 12.0. The molecule has 0 saturated carbocycles. The number of rotatable bonds is 3. The third-order valence-electron chi connectivity index (χ3n) is 2.81. The van der Waals surface area contributed by atoms with Crippen LogP contribution in [0.25, 0.3) is 0 Å². The van der Waals surface area contributed by atoms with Gasteiger partial charge in [0.2, 0.25) is 0 Å². The van der Waals surface area contributed by atoms with Crippen molar-refractivity contribution in [3.8, 4) is 0 Å². The van der Waals surface area contributed by atoms with Crippen molar-refractivity contribution in [2.24, 2.45) is 11.8 Å². The van der Waals surface area contributed by atoms with E-state index in [1.54, 1.807) is 24.5 Å². The molecule has 0 radical (unpaired) electrons. The molecule has 86 valence electrons. The molecule has 0 aliphatic carbocycles. The molecule has 16 heavy (non-hydrogen) atoms. The van der Waals surface area contributed by atoms with E-state index >= 15 is 0 Å². The van der Waals surface area contributed by atoms with Crippen molar-refractivity contribution in [1.82, 2.24) is 9.88 Å². The van der Waals surface area contributed by atoms with Gasteiger partial charge in [-0.3, -0.25) is 9.78 Å². The predicted molar refractivity (Wildman–Crippen MR) is 58.4 cm³/mol. The fourth-order valence-electron chi connectivity index (χ4n) is 1.96. The fourth-order valence-corrected chi connectivity index (χ4v) is 1.96. The molecule has 1 saturated heterocycles. The van der Waals surface area contributed by atoms with E-state index in [2.05, 4.69) is 9.82 Å². The number of nitrogens with zero attached hydrogens (tertiary/aromatic N) is 2. The highest BCUT2D eigenvalue weighted by Crippen LogP contribution is 2.18. The summed E-state index contributed by atoms with van der Waals surface area (Å²) in [5.41, 5.74) is 0.636. The zero-order chi connectivity index (χ0) is 11.4. The zero-order valence-electron chi connectivity index (χ0n) is 9.00. The van der Waals surface area contributed by atoms with E-state index < -0.39 is 0 Å². The number of aromatic nitrogens is 1.